The minimum atomic E-state index is -3.52. The van der Waals surface area contributed by atoms with Crippen molar-refractivity contribution in [2.75, 3.05) is 18.8 Å². The lowest BCUT2D eigenvalue weighted by Gasteiger charge is -2.29. The van der Waals surface area contributed by atoms with Crippen molar-refractivity contribution in [3.05, 3.63) is 22.4 Å². The van der Waals surface area contributed by atoms with E-state index >= 15 is 0 Å². The lowest BCUT2D eigenvalue weighted by atomic mass is 10.4. The number of aromatic nitrogens is 1. The monoisotopic (exact) mass is 326 g/mol. The van der Waals surface area contributed by atoms with Crippen LogP contribution in [0.1, 0.15) is 6.92 Å². The molecule has 8 heteroatoms. The topological polar surface area (TPSA) is 50.3 Å². The van der Waals surface area contributed by atoms with Gasteiger partial charge in [0.25, 0.3) is 0 Å². The Balaban J connectivity index is 2.32. The Bertz CT molecular complexity index is 551. The summed E-state index contributed by atoms with van der Waals surface area (Å²) < 4.78 is 26.2. The highest BCUT2D eigenvalue weighted by Crippen LogP contribution is 2.27. The van der Waals surface area contributed by atoms with E-state index in [4.69, 9.17) is 23.2 Å². The maximum atomic E-state index is 12.4. The van der Waals surface area contributed by atoms with Gasteiger partial charge in [-0.05, 0) is 6.07 Å². The van der Waals surface area contributed by atoms with Crippen molar-refractivity contribution in [1.82, 2.24) is 9.29 Å². The zero-order chi connectivity index (χ0) is 13.3. The summed E-state index contributed by atoms with van der Waals surface area (Å²) in [7, 11) is -3.52. The quantitative estimate of drug-likeness (QED) is 0.783. The molecule has 1 atom stereocenters. The molecule has 1 aliphatic rings. The number of sulfonamides is 1. The summed E-state index contributed by atoms with van der Waals surface area (Å²) in [5.74, 6) is 0.801. The predicted molar refractivity (Wildman–Crippen MR) is 74.9 cm³/mol. The first kappa shape index (κ1) is 14.4. The highest BCUT2D eigenvalue weighted by molar-refractivity contribution is 8.00. The van der Waals surface area contributed by atoms with Crippen LogP contribution in [0.15, 0.2) is 17.2 Å². The molecule has 0 spiro atoms. The number of nitrogens with zero attached hydrogens (tertiary/aromatic N) is 2. The van der Waals surface area contributed by atoms with Gasteiger partial charge in [0.1, 0.15) is 10.0 Å². The van der Waals surface area contributed by atoms with Crippen LogP contribution in [0.5, 0.6) is 0 Å². The number of pyridine rings is 1. The fourth-order valence-corrected chi connectivity index (χ4v) is 4.76. The number of hydrogen-bond donors (Lipinski definition) is 0. The second kappa shape index (κ2) is 5.54. The molecule has 4 nitrogen and oxygen atoms in total. The Morgan fingerprint density at radius 2 is 2.22 bits per heavy atom. The van der Waals surface area contributed by atoms with Gasteiger partial charge in [-0.25, -0.2) is 13.4 Å². The van der Waals surface area contributed by atoms with Crippen LogP contribution in [-0.4, -0.2) is 41.8 Å². The molecule has 2 heterocycles. The van der Waals surface area contributed by atoms with E-state index in [9.17, 15) is 8.42 Å². The minimum Gasteiger partial charge on any atom is -0.242 e. The molecule has 18 heavy (non-hydrogen) atoms. The minimum absolute atomic E-state index is 0.0935. The van der Waals surface area contributed by atoms with E-state index in [2.05, 4.69) is 4.98 Å². The van der Waals surface area contributed by atoms with Gasteiger partial charge in [-0.15, -0.1) is 0 Å². The molecule has 0 amide bonds. The molecule has 1 fully saturated rings. The average molecular weight is 327 g/mol. The first-order valence-electron chi connectivity index (χ1n) is 5.34. The Morgan fingerprint density at radius 1 is 1.50 bits per heavy atom. The van der Waals surface area contributed by atoms with E-state index in [-0.39, 0.29) is 15.1 Å². The molecule has 0 aromatic carbocycles. The summed E-state index contributed by atoms with van der Waals surface area (Å²) in [4.78, 5) is 3.87. The summed E-state index contributed by atoms with van der Waals surface area (Å²) in [6.07, 6.45) is 1.25. The lowest BCUT2D eigenvalue weighted by Crippen LogP contribution is -2.40. The SMILES string of the molecule is CC1CN(S(=O)(=O)c2cnc(Cl)c(Cl)c2)CCS1. The van der Waals surface area contributed by atoms with Gasteiger partial charge in [-0.2, -0.15) is 16.1 Å². The standard InChI is InChI=1S/C10H12Cl2N2O2S2/c1-7-6-14(2-3-17-7)18(15,16)8-4-9(11)10(12)13-5-8/h4-5,7H,2-3,6H2,1H3. The van der Waals surface area contributed by atoms with Gasteiger partial charge in [-0.3, -0.25) is 0 Å². The third-order valence-electron chi connectivity index (χ3n) is 2.61. The largest absolute Gasteiger partial charge is 0.244 e. The molecule has 0 aliphatic carbocycles. The van der Waals surface area contributed by atoms with E-state index in [1.54, 1.807) is 11.8 Å². The fourth-order valence-electron chi connectivity index (χ4n) is 1.70. The number of hydrogen-bond acceptors (Lipinski definition) is 4. The maximum Gasteiger partial charge on any atom is 0.244 e. The molecule has 0 radical (unpaired) electrons. The molecule has 0 saturated carbocycles. The Kier molecular flexibility index (Phi) is 4.44. The molecule has 100 valence electrons. The smallest absolute Gasteiger partial charge is 0.242 e. The Morgan fingerprint density at radius 3 is 2.83 bits per heavy atom. The lowest BCUT2D eigenvalue weighted by molar-refractivity contribution is 0.424. The number of halogens is 2. The van der Waals surface area contributed by atoms with Gasteiger partial charge in [0.15, 0.2) is 0 Å². The summed E-state index contributed by atoms with van der Waals surface area (Å²) in [5, 5.41) is 0.555. The highest BCUT2D eigenvalue weighted by atomic mass is 35.5. The zero-order valence-electron chi connectivity index (χ0n) is 9.64. The molecule has 1 saturated heterocycles. The van der Waals surface area contributed by atoms with Crippen molar-refractivity contribution in [1.29, 1.82) is 0 Å². The van der Waals surface area contributed by atoms with Crippen LogP contribution >= 0.6 is 35.0 Å². The third kappa shape index (κ3) is 2.93. The predicted octanol–water partition coefficient (Wildman–Crippen LogP) is 2.51. The summed E-state index contributed by atoms with van der Waals surface area (Å²) in [6.45, 7) is 3.03. The van der Waals surface area contributed by atoms with Crippen LogP contribution < -0.4 is 0 Å². The number of rotatable bonds is 2. The van der Waals surface area contributed by atoms with Gasteiger partial charge in [0.05, 0.1) is 5.02 Å². The molecular formula is C10H12Cl2N2O2S2. The van der Waals surface area contributed by atoms with Crippen LogP contribution in [-0.2, 0) is 10.0 Å². The van der Waals surface area contributed by atoms with Crippen molar-refractivity contribution in [2.24, 2.45) is 0 Å². The number of thioether (sulfide) groups is 1. The molecular weight excluding hydrogens is 315 g/mol. The molecule has 0 N–H and O–H groups in total. The third-order valence-corrected chi connectivity index (χ3v) is 6.27. The van der Waals surface area contributed by atoms with E-state index in [0.717, 1.165) is 5.75 Å². The van der Waals surface area contributed by atoms with Gasteiger partial charge < -0.3 is 0 Å². The summed E-state index contributed by atoms with van der Waals surface area (Å²) in [5.41, 5.74) is 0. The second-order valence-electron chi connectivity index (χ2n) is 3.99. The Labute approximate surface area is 121 Å². The molecule has 1 aromatic rings. The first-order chi connectivity index (χ1) is 8.41. The maximum absolute atomic E-state index is 12.4. The second-order valence-corrected chi connectivity index (χ2v) is 8.24. The van der Waals surface area contributed by atoms with Crippen LogP contribution in [0.3, 0.4) is 0 Å². The molecule has 2 rings (SSSR count). The van der Waals surface area contributed by atoms with Crippen LogP contribution in [0.25, 0.3) is 0 Å². The van der Waals surface area contributed by atoms with E-state index in [1.807, 2.05) is 6.92 Å². The van der Waals surface area contributed by atoms with Crippen molar-refractivity contribution < 1.29 is 8.42 Å². The van der Waals surface area contributed by atoms with Crippen molar-refractivity contribution in [3.8, 4) is 0 Å². The van der Waals surface area contributed by atoms with Crippen LogP contribution in [0.2, 0.25) is 10.2 Å². The van der Waals surface area contributed by atoms with Gasteiger partial charge >= 0.3 is 0 Å². The van der Waals surface area contributed by atoms with Gasteiger partial charge in [0.2, 0.25) is 10.0 Å². The fraction of sp³-hybridized carbons (Fsp3) is 0.500. The Hall–Kier alpha value is -0.0100. The normalized spacial score (nSPS) is 22.1. The van der Waals surface area contributed by atoms with Crippen molar-refractivity contribution >= 4 is 45.0 Å². The van der Waals surface area contributed by atoms with E-state index < -0.39 is 10.0 Å². The van der Waals surface area contributed by atoms with Gasteiger partial charge in [-0.1, -0.05) is 30.1 Å². The van der Waals surface area contributed by atoms with Crippen LogP contribution in [0.4, 0.5) is 0 Å². The van der Waals surface area contributed by atoms with Crippen LogP contribution in [0, 0.1) is 0 Å². The van der Waals surface area contributed by atoms with Gasteiger partial charge in [0, 0.05) is 30.3 Å². The average Bonchev–Trinajstić information content (AvgIpc) is 2.32. The van der Waals surface area contributed by atoms with Crippen molar-refractivity contribution in [2.45, 2.75) is 17.1 Å². The van der Waals surface area contributed by atoms with E-state index in [0.29, 0.717) is 18.3 Å². The summed E-state index contributed by atoms with van der Waals surface area (Å²) >= 11 is 13.3. The molecule has 1 aromatic heterocycles. The molecule has 1 unspecified atom stereocenters. The highest BCUT2D eigenvalue weighted by Gasteiger charge is 2.29. The zero-order valence-corrected chi connectivity index (χ0v) is 12.8. The van der Waals surface area contributed by atoms with E-state index in [1.165, 1.54) is 16.6 Å². The first-order valence-corrected chi connectivity index (χ1v) is 8.58. The summed E-state index contributed by atoms with van der Waals surface area (Å²) in [6, 6.07) is 1.35. The molecule has 0 bridgehead atoms. The molecule has 1 aliphatic heterocycles. The van der Waals surface area contributed by atoms with Crippen molar-refractivity contribution in [3.63, 3.8) is 0 Å².